The van der Waals surface area contributed by atoms with Gasteiger partial charge in [0.15, 0.2) is 5.78 Å². The van der Waals surface area contributed by atoms with Crippen molar-refractivity contribution in [3.63, 3.8) is 0 Å². The van der Waals surface area contributed by atoms with E-state index in [0.29, 0.717) is 18.6 Å². The summed E-state index contributed by atoms with van der Waals surface area (Å²) in [5.41, 5.74) is 1.40. The van der Waals surface area contributed by atoms with E-state index in [4.69, 9.17) is 9.47 Å². The van der Waals surface area contributed by atoms with Crippen LogP contribution in [0.1, 0.15) is 25.3 Å². The molecule has 0 saturated carbocycles. The van der Waals surface area contributed by atoms with Crippen LogP contribution in [0.5, 0.6) is 0 Å². The van der Waals surface area contributed by atoms with Crippen molar-refractivity contribution in [3.8, 4) is 0 Å². The standard InChI is InChI=1S/C17H21NO5S/c1-3-22-17-10-15-14(11-23-17)16(19)8-9-18(15)24(20,21)13-6-4-12(2)5-7-13/h4-7,11,15,17H,3,8-10H2,1-2H3/t15-,17-/m1/s1. The van der Waals surface area contributed by atoms with Crippen molar-refractivity contribution in [1.29, 1.82) is 0 Å². The number of benzene rings is 1. The van der Waals surface area contributed by atoms with Gasteiger partial charge >= 0.3 is 0 Å². The molecule has 24 heavy (non-hydrogen) atoms. The van der Waals surface area contributed by atoms with Crippen molar-refractivity contribution in [1.82, 2.24) is 4.31 Å². The van der Waals surface area contributed by atoms with Crippen molar-refractivity contribution >= 4 is 15.8 Å². The molecular weight excluding hydrogens is 330 g/mol. The molecule has 6 nitrogen and oxygen atoms in total. The first kappa shape index (κ1) is 17.1. The molecule has 3 rings (SSSR count). The third-order valence-corrected chi connectivity index (χ3v) is 6.25. The van der Waals surface area contributed by atoms with Crippen LogP contribution in [-0.4, -0.2) is 44.0 Å². The predicted octanol–water partition coefficient (Wildman–Crippen LogP) is 1.99. The molecule has 7 heteroatoms. The maximum atomic E-state index is 13.0. The summed E-state index contributed by atoms with van der Waals surface area (Å²) in [7, 11) is -3.68. The molecule has 0 radical (unpaired) electrons. The Balaban J connectivity index is 1.94. The van der Waals surface area contributed by atoms with E-state index in [1.807, 2.05) is 13.8 Å². The lowest BCUT2D eigenvalue weighted by molar-refractivity contribution is -0.131. The number of sulfonamides is 1. The zero-order chi connectivity index (χ0) is 17.3. The summed E-state index contributed by atoms with van der Waals surface area (Å²) in [6.07, 6.45) is 1.31. The van der Waals surface area contributed by atoms with Crippen molar-refractivity contribution in [3.05, 3.63) is 41.7 Å². The van der Waals surface area contributed by atoms with Gasteiger partial charge in [0.1, 0.15) is 0 Å². The Kier molecular flexibility index (Phi) is 4.76. The minimum absolute atomic E-state index is 0.0645. The molecule has 2 heterocycles. The van der Waals surface area contributed by atoms with Crippen molar-refractivity contribution in [2.45, 2.75) is 43.9 Å². The summed E-state index contributed by atoms with van der Waals surface area (Å²) >= 11 is 0. The topological polar surface area (TPSA) is 72.9 Å². The number of aryl methyl sites for hydroxylation is 1. The quantitative estimate of drug-likeness (QED) is 0.829. The summed E-state index contributed by atoms with van der Waals surface area (Å²) in [6.45, 7) is 4.38. The number of rotatable bonds is 4. The van der Waals surface area contributed by atoms with E-state index in [1.54, 1.807) is 24.3 Å². The zero-order valence-corrected chi connectivity index (χ0v) is 14.6. The van der Waals surface area contributed by atoms with Crippen LogP contribution in [0.3, 0.4) is 0 Å². The van der Waals surface area contributed by atoms with Crippen LogP contribution in [-0.2, 0) is 24.3 Å². The lowest BCUT2D eigenvalue weighted by Crippen LogP contribution is -2.51. The van der Waals surface area contributed by atoms with E-state index in [9.17, 15) is 13.2 Å². The number of Topliss-reactive ketones (excluding diaryl/α,β-unsaturated/α-hetero) is 1. The van der Waals surface area contributed by atoms with E-state index >= 15 is 0 Å². The molecule has 0 aliphatic carbocycles. The maximum Gasteiger partial charge on any atom is 0.243 e. The van der Waals surface area contributed by atoms with Crippen LogP contribution in [0.4, 0.5) is 0 Å². The molecule has 2 atom stereocenters. The van der Waals surface area contributed by atoms with Gasteiger partial charge in [-0.25, -0.2) is 8.42 Å². The minimum atomic E-state index is -3.68. The first-order chi connectivity index (χ1) is 11.4. The molecule has 1 saturated heterocycles. The molecule has 2 aliphatic rings. The Hall–Kier alpha value is -1.70. The monoisotopic (exact) mass is 351 g/mol. The summed E-state index contributed by atoms with van der Waals surface area (Å²) in [4.78, 5) is 12.4. The lowest BCUT2D eigenvalue weighted by atomic mass is 9.93. The van der Waals surface area contributed by atoms with E-state index in [1.165, 1.54) is 10.6 Å². The summed E-state index contributed by atoms with van der Waals surface area (Å²) in [5.74, 6) is -0.0645. The third-order valence-electron chi connectivity index (χ3n) is 4.33. The van der Waals surface area contributed by atoms with E-state index in [-0.39, 0.29) is 23.6 Å². The zero-order valence-electron chi connectivity index (χ0n) is 13.8. The first-order valence-corrected chi connectivity index (χ1v) is 9.46. The van der Waals surface area contributed by atoms with Crippen LogP contribution < -0.4 is 0 Å². The molecule has 0 N–H and O–H groups in total. The van der Waals surface area contributed by atoms with Gasteiger partial charge in [-0.15, -0.1) is 0 Å². The third kappa shape index (κ3) is 3.11. The molecule has 0 bridgehead atoms. The number of carbonyl (C=O) groups is 1. The fraction of sp³-hybridized carbons (Fsp3) is 0.471. The van der Waals surface area contributed by atoms with Crippen molar-refractivity contribution < 1.29 is 22.7 Å². The number of ketones is 1. The number of piperidine rings is 1. The lowest BCUT2D eigenvalue weighted by Gasteiger charge is -2.39. The molecule has 1 fully saturated rings. The molecule has 1 aromatic carbocycles. The van der Waals surface area contributed by atoms with Crippen LogP contribution in [0.2, 0.25) is 0 Å². The highest BCUT2D eigenvalue weighted by Gasteiger charge is 2.43. The van der Waals surface area contributed by atoms with Crippen molar-refractivity contribution in [2.24, 2.45) is 0 Å². The minimum Gasteiger partial charge on any atom is -0.472 e. The fourth-order valence-electron chi connectivity index (χ4n) is 3.06. The average Bonchev–Trinajstić information content (AvgIpc) is 2.55. The molecule has 0 aromatic heterocycles. The van der Waals surface area contributed by atoms with Gasteiger partial charge in [0.2, 0.25) is 16.3 Å². The number of ether oxygens (including phenoxy) is 2. The molecular formula is C17H21NO5S. The normalized spacial score (nSPS) is 24.9. The van der Waals surface area contributed by atoms with Crippen LogP contribution in [0, 0.1) is 6.92 Å². The Bertz CT molecular complexity index is 754. The van der Waals surface area contributed by atoms with Gasteiger partial charge in [-0.05, 0) is 26.0 Å². The van der Waals surface area contributed by atoms with Gasteiger partial charge in [0.25, 0.3) is 0 Å². The molecule has 0 spiro atoms. The summed E-state index contributed by atoms with van der Waals surface area (Å²) < 4.78 is 38.3. The second-order valence-electron chi connectivity index (χ2n) is 5.95. The number of hydrogen-bond acceptors (Lipinski definition) is 5. The van der Waals surface area contributed by atoms with Crippen LogP contribution >= 0.6 is 0 Å². The highest BCUT2D eigenvalue weighted by molar-refractivity contribution is 7.89. The number of fused-ring (bicyclic) bond motifs is 1. The largest absolute Gasteiger partial charge is 0.472 e. The molecule has 130 valence electrons. The maximum absolute atomic E-state index is 13.0. The highest BCUT2D eigenvalue weighted by Crippen LogP contribution is 2.33. The Morgan fingerprint density at radius 3 is 2.67 bits per heavy atom. The van der Waals surface area contributed by atoms with Gasteiger partial charge < -0.3 is 9.47 Å². The summed E-state index contributed by atoms with van der Waals surface area (Å²) in [5, 5.41) is 0. The van der Waals surface area contributed by atoms with E-state index in [0.717, 1.165) is 5.56 Å². The van der Waals surface area contributed by atoms with Crippen LogP contribution in [0.25, 0.3) is 0 Å². The SMILES string of the molecule is CCO[C@H]1C[C@@H]2C(=CO1)C(=O)CCN2S(=O)(=O)c1ccc(C)cc1. The van der Waals surface area contributed by atoms with Crippen LogP contribution in [0.15, 0.2) is 41.0 Å². The number of carbonyl (C=O) groups excluding carboxylic acids is 1. The second-order valence-corrected chi connectivity index (χ2v) is 7.84. The molecule has 0 amide bonds. The number of nitrogens with zero attached hydrogens (tertiary/aromatic N) is 1. The Morgan fingerprint density at radius 2 is 2.00 bits per heavy atom. The van der Waals surface area contributed by atoms with E-state index < -0.39 is 22.4 Å². The predicted molar refractivity (Wildman–Crippen MR) is 87.7 cm³/mol. The van der Waals surface area contributed by atoms with E-state index in [2.05, 4.69) is 0 Å². The van der Waals surface area contributed by atoms with Gasteiger partial charge in [0, 0.05) is 31.6 Å². The average molecular weight is 351 g/mol. The van der Waals surface area contributed by atoms with Crippen molar-refractivity contribution in [2.75, 3.05) is 13.2 Å². The molecule has 0 unspecified atom stereocenters. The van der Waals surface area contributed by atoms with Gasteiger partial charge in [-0.1, -0.05) is 17.7 Å². The van der Waals surface area contributed by atoms with Gasteiger partial charge in [0.05, 0.1) is 17.2 Å². The molecule has 1 aromatic rings. The fourth-order valence-corrected chi connectivity index (χ4v) is 4.67. The Morgan fingerprint density at radius 1 is 1.29 bits per heavy atom. The first-order valence-electron chi connectivity index (χ1n) is 8.02. The number of hydrogen-bond donors (Lipinski definition) is 0. The van der Waals surface area contributed by atoms with Gasteiger partial charge in [-0.2, -0.15) is 4.31 Å². The van der Waals surface area contributed by atoms with Gasteiger partial charge in [-0.3, -0.25) is 4.79 Å². The second kappa shape index (κ2) is 6.66. The smallest absolute Gasteiger partial charge is 0.243 e. The molecule has 2 aliphatic heterocycles. The highest BCUT2D eigenvalue weighted by atomic mass is 32.2. The summed E-state index contributed by atoms with van der Waals surface area (Å²) in [6, 6.07) is 6.20. The Labute approximate surface area is 142 Å².